The number of rotatable bonds is 10. The Hall–Kier alpha value is -3.30. The molecule has 7 nitrogen and oxygen atoms in total. The van der Waals surface area contributed by atoms with Crippen LogP contribution in [0.3, 0.4) is 0 Å². The number of halogens is 2. The predicted octanol–water partition coefficient (Wildman–Crippen LogP) is 4.93. The number of carbonyl (C=O) groups excluding carboxylic acids is 1. The van der Waals surface area contributed by atoms with E-state index >= 15 is 0 Å². The number of H-pyrrole nitrogens is 1. The quantitative estimate of drug-likeness (QED) is 0.245. The average Bonchev–Trinajstić information content (AvgIpc) is 3.40. The largest absolute Gasteiger partial charge is 0.390 e. The fraction of sp³-hybridized carbons (Fsp3) is 0.484. The van der Waals surface area contributed by atoms with Crippen LogP contribution >= 0.6 is 0 Å². The smallest absolute Gasteiger partial charge is 0.217 e. The fourth-order valence-electron chi connectivity index (χ4n) is 5.63. The van der Waals surface area contributed by atoms with Gasteiger partial charge in [-0.3, -0.25) is 9.89 Å². The van der Waals surface area contributed by atoms with Crippen molar-refractivity contribution in [3.8, 4) is 0 Å². The Labute approximate surface area is 235 Å². The summed E-state index contributed by atoms with van der Waals surface area (Å²) in [6.07, 6.45) is 4.30. The Balaban J connectivity index is 1.54. The molecule has 1 fully saturated rings. The van der Waals surface area contributed by atoms with Gasteiger partial charge in [0, 0.05) is 31.1 Å². The molecular weight excluding hydrogens is 512 g/mol. The van der Waals surface area contributed by atoms with Gasteiger partial charge in [0.2, 0.25) is 5.91 Å². The molecule has 4 rings (SSSR count). The molecule has 0 aliphatic heterocycles. The molecule has 5 N–H and O–H groups in total. The van der Waals surface area contributed by atoms with Gasteiger partial charge < -0.3 is 21.1 Å². The summed E-state index contributed by atoms with van der Waals surface area (Å²) in [4.78, 5) is 12.0. The van der Waals surface area contributed by atoms with E-state index in [9.17, 15) is 18.7 Å². The monoisotopic (exact) mass is 553 g/mol. The Morgan fingerprint density at radius 1 is 1.12 bits per heavy atom. The standard InChI is InChI=1S/C31H41F2N5O2/c1-20(39)36-27(16-21-14-24(32)18-25(33)15-21)28(40)19-34-31(23-7-5-6-22(17-23)30(2,3)4)11-8-26(9-12-31)37-29-10-13-35-38-29/h5-7,10,13-15,17-18,26-28,34,40H,8-9,11-12,16,19H2,1-4H3,(H,36,39)(H2,35,37,38). The van der Waals surface area contributed by atoms with E-state index in [1.165, 1.54) is 24.6 Å². The van der Waals surface area contributed by atoms with Crippen LogP contribution in [0.2, 0.25) is 0 Å². The van der Waals surface area contributed by atoms with E-state index in [2.05, 4.69) is 71.2 Å². The lowest BCUT2D eigenvalue weighted by atomic mass is 9.73. The van der Waals surface area contributed by atoms with E-state index in [1.54, 1.807) is 6.20 Å². The molecule has 3 aromatic rings. The molecule has 0 spiro atoms. The van der Waals surface area contributed by atoms with E-state index in [1.807, 2.05) is 6.07 Å². The van der Waals surface area contributed by atoms with Gasteiger partial charge in [0.15, 0.2) is 0 Å². The van der Waals surface area contributed by atoms with Gasteiger partial charge in [-0.25, -0.2) is 8.78 Å². The summed E-state index contributed by atoms with van der Waals surface area (Å²) in [5, 5.41) is 28.2. The van der Waals surface area contributed by atoms with Gasteiger partial charge in [-0.1, -0.05) is 45.0 Å². The van der Waals surface area contributed by atoms with Crippen LogP contribution < -0.4 is 16.0 Å². The highest BCUT2D eigenvalue weighted by molar-refractivity contribution is 5.73. The zero-order chi connectivity index (χ0) is 28.9. The highest BCUT2D eigenvalue weighted by Gasteiger charge is 2.38. The van der Waals surface area contributed by atoms with E-state index in [0.29, 0.717) is 5.56 Å². The van der Waals surface area contributed by atoms with Crippen LogP contribution in [0, 0.1) is 11.6 Å². The molecule has 1 amide bonds. The van der Waals surface area contributed by atoms with Crippen molar-refractivity contribution in [3.63, 3.8) is 0 Å². The summed E-state index contributed by atoms with van der Waals surface area (Å²) >= 11 is 0. The minimum absolute atomic E-state index is 0.0210. The molecule has 1 aliphatic carbocycles. The summed E-state index contributed by atoms with van der Waals surface area (Å²) < 4.78 is 27.7. The van der Waals surface area contributed by atoms with Crippen LogP contribution in [0.5, 0.6) is 0 Å². The molecule has 1 heterocycles. The number of aliphatic hydroxyl groups is 1. The zero-order valence-corrected chi connectivity index (χ0v) is 23.7. The topological polar surface area (TPSA) is 102 Å². The van der Waals surface area contributed by atoms with Crippen molar-refractivity contribution in [2.24, 2.45) is 0 Å². The lowest BCUT2D eigenvalue weighted by molar-refractivity contribution is -0.120. The number of hydrogen-bond acceptors (Lipinski definition) is 5. The summed E-state index contributed by atoms with van der Waals surface area (Å²) in [6, 6.07) is 13.4. The maximum absolute atomic E-state index is 13.8. The van der Waals surface area contributed by atoms with Crippen molar-refractivity contribution < 1.29 is 18.7 Å². The van der Waals surface area contributed by atoms with Crippen LogP contribution in [0.1, 0.15) is 70.1 Å². The van der Waals surface area contributed by atoms with Gasteiger partial charge >= 0.3 is 0 Å². The second kappa shape index (κ2) is 12.5. The van der Waals surface area contributed by atoms with Crippen molar-refractivity contribution in [1.82, 2.24) is 20.8 Å². The van der Waals surface area contributed by atoms with E-state index in [0.717, 1.165) is 43.1 Å². The van der Waals surface area contributed by atoms with Crippen molar-refractivity contribution in [3.05, 3.63) is 83.1 Å². The summed E-state index contributed by atoms with van der Waals surface area (Å²) in [5.41, 5.74) is 2.35. The van der Waals surface area contributed by atoms with Gasteiger partial charge in [-0.2, -0.15) is 5.10 Å². The highest BCUT2D eigenvalue weighted by atomic mass is 19.1. The Bertz CT molecular complexity index is 1250. The lowest BCUT2D eigenvalue weighted by Crippen LogP contribution is -2.54. The number of hydrogen-bond donors (Lipinski definition) is 5. The first kappa shape index (κ1) is 29.7. The van der Waals surface area contributed by atoms with Gasteiger partial charge in [0.05, 0.1) is 18.3 Å². The van der Waals surface area contributed by atoms with Crippen LogP contribution in [0.4, 0.5) is 14.6 Å². The first-order valence-electron chi connectivity index (χ1n) is 14.0. The van der Waals surface area contributed by atoms with Crippen LogP contribution in [0.25, 0.3) is 0 Å². The molecule has 1 saturated carbocycles. The van der Waals surface area contributed by atoms with Crippen LogP contribution in [-0.2, 0) is 22.2 Å². The minimum atomic E-state index is -0.987. The molecule has 2 unspecified atom stereocenters. The maximum Gasteiger partial charge on any atom is 0.217 e. The Morgan fingerprint density at radius 2 is 1.82 bits per heavy atom. The minimum Gasteiger partial charge on any atom is -0.390 e. The van der Waals surface area contributed by atoms with Crippen LogP contribution in [-0.4, -0.2) is 45.9 Å². The van der Waals surface area contributed by atoms with Gasteiger partial charge in [0.1, 0.15) is 17.5 Å². The maximum atomic E-state index is 13.8. The number of amides is 1. The third kappa shape index (κ3) is 7.67. The van der Waals surface area contributed by atoms with Gasteiger partial charge in [-0.05, 0) is 72.4 Å². The van der Waals surface area contributed by atoms with E-state index < -0.39 is 23.8 Å². The number of benzene rings is 2. The number of aromatic amines is 1. The highest BCUT2D eigenvalue weighted by Crippen LogP contribution is 2.39. The molecule has 0 bridgehead atoms. The third-order valence-electron chi connectivity index (χ3n) is 7.86. The third-order valence-corrected chi connectivity index (χ3v) is 7.86. The molecular formula is C31H41F2N5O2. The first-order valence-corrected chi connectivity index (χ1v) is 14.0. The number of anilines is 1. The lowest BCUT2D eigenvalue weighted by Gasteiger charge is -2.43. The molecule has 2 atom stereocenters. The molecule has 1 aliphatic rings. The number of aliphatic hydroxyl groups excluding tert-OH is 1. The molecule has 0 saturated heterocycles. The summed E-state index contributed by atoms with van der Waals surface area (Å²) in [5.74, 6) is -0.814. The normalized spacial score (nSPS) is 21.0. The number of carbonyl (C=O) groups is 1. The number of nitrogens with zero attached hydrogens (tertiary/aromatic N) is 1. The predicted molar refractivity (Wildman–Crippen MR) is 153 cm³/mol. The van der Waals surface area contributed by atoms with Crippen molar-refractivity contribution in [1.29, 1.82) is 0 Å². The molecule has 1 aromatic heterocycles. The Kier molecular flexibility index (Phi) is 9.26. The number of aromatic nitrogens is 2. The molecule has 40 heavy (non-hydrogen) atoms. The SMILES string of the molecule is CC(=O)NC(Cc1cc(F)cc(F)c1)C(O)CNC1(c2cccc(C(C)(C)C)c2)CCC(Nc2ccn[nH]2)CC1. The number of nitrogens with one attached hydrogen (secondary N) is 4. The van der Waals surface area contributed by atoms with E-state index in [4.69, 9.17) is 0 Å². The fourth-order valence-corrected chi connectivity index (χ4v) is 5.63. The molecule has 216 valence electrons. The van der Waals surface area contributed by atoms with Crippen LogP contribution in [0.15, 0.2) is 54.7 Å². The molecule has 2 aromatic carbocycles. The van der Waals surface area contributed by atoms with Gasteiger partial charge in [-0.15, -0.1) is 0 Å². The molecule has 0 radical (unpaired) electrons. The van der Waals surface area contributed by atoms with E-state index in [-0.39, 0.29) is 35.9 Å². The molecule has 9 heteroatoms. The summed E-state index contributed by atoms with van der Waals surface area (Å²) in [7, 11) is 0. The van der Waals surface area contributed by atoms with Crippen molar-refractivity contribution >= 4 is 11.7 Å². The zero-order valence-electron chi connectivity index (χ0n) is 23.7. The van der Waals surface area contributed by atoms with Gasteiger partial charge in [0.25, 0.3) is 0 Å². The van der Waals surface area contributed by atoms with Crippen molar-refractivity contribution in [2.45, 2.75) is 88.9 Å². The van der Waals surface area contributed by atoms with Crippen molar-refractivity contribution in [2.75, 3.05) is 11.9 Å². The Morgan fingerprint density at radius 3 is 2.42 bits per heavy atom. The second-order valence-electron chi connectivity index (χ2n) is 12.0. The average molecular weight is 554 g/mol. The summed E-state index contributed by atoms with van der Waals surface area (Å²) in [6.45, 7) is 8.13. The second-order valence-corrected chi connectivity index (χ2v) is 12.0. The first-order chi connectivity index (χ1) is 18.9.